The molecule has 0 bridgehead atoms. The van der Waals surface area contributed by atoms with Crippen molar-refractivity contribution >= 4 is 17.3 Å². The van der Waals surface area contributed by atoms with Crippen LogP contribution in [0.4, 0.5) is 11.4 Å². The van der Waals surface area contributed by atoms with Crippen LogP contribution in [0.1, 0.15) is 30.4 Å². The number of ether oxygens (including phenoxy) is 2. The summed E-state index contributed by atoms with van der Waals surface area (Å²) in [6.45, 7) is 1.39. The van der Waals surface area contributed by atoms with Crippen LogP contribution in [0, 0.1) is 16.0 Å². The molecule has 1 N–H and O–H groups in total. The first-order valence-corrected chi connectivity index (χ1v) is 11.0. The summed E-state index contributed by atoms with van der Waals surface area (Å²) in [5.74, 6) is 1.14. The molecule has 2 aromatic rings. The van der Waals surface area contributed by atoms with Crippen LogP contribution < -0.4 is 19.7 Å². The largest absolute Gasteiger partial charge is 0.493 e. The van der Waals surface area contributed by atoms with Gasteiger partial charge in [0.05, 0.1) is 25.1 Å². The van der Waals surface area contributed by atoms with Gasteiger partial charge in [0.2, 0.25) is 5.91 Å². The second-order valence-electron chi connectivity index (χ2n) is 8.37. The number of nitrogens with one attached hydrogen (secondary N) is 1. The Hall–Kier alpha value is -3.29. The fourth-order valence-electron chi connectivity index (χ4n) is 4.94. The standard InChI is InChI=1S/C24H29N3O5/c1-31-22-9-6-16(13-23(22)32-2)10-11-25-24(28)19-15-17-14-18(27(29)30)7-8-20(17)26-12-4-3-5-21(19)26/h6-9,13-14,19,21H,3-5,10-12,15H2,1-2H3,(H,25,28). The lowest BCUT2D eigenvalue weighted by atomic mass is 9.80. The second-order valence-corrected chi connectivity index (χ2v) is 8.37. The maximum Gasteiger partial charge on any atom is 0.269 e. The number of carbonyl (C=O) groups excluding carboxylic acids is 1. The van der Waals surface area contributed by atoms with Crippen molar-refractivity contribution in [3.63, 3.8) is 0 Å². The zero-order valence-corrected chi connectivity index (χ0v) is 18.5. The van der Waals surface area contributed by atoms with Gasteiger partial charge in [-0.1, -0.05) is 6.07 Å². The lowest BCUT2D eigenvalue weighted by molar-refractivity contribution is -0.384. The molecular formula is C24H29N3O5. The van der Waals surface area contributed by atoms with Gasteiger partial charge in [0.25, 0.3) is 5.69 Å². The molecule has 2 aliphatic rings. The minimum absolute atomic E-state index is 0.0135. The maximum absolute atomic E-state index is 13.2. The van der Waals surface area contributed by atoms with E-state index in [4.69, 9.17) is 9.47 Å². The number of fused-ring (bicyclic) bond motifs is 3. The SMILES string of the molecule is COc1ccc(CCNC(=O)C2Cc3cc([N+](=O)[O-])ccc3N3CCCCC23)cc1OC. The van der Waals surface area contributed by atoms with E-state index in [-0.39, 0.29) is 28.5 Å². The van der Waals surface area contributed by atoms with E-state index in [2.05, 4.69) is 10.2 Å². The third-order valence-electron chi connectivity index (χ3n) is 6.53. The number of anilines is 1. The van der Waals surface area contributed by atoms with Crippen LogP contribution in [0.25, 0.3) is 0 Å². The molecule has 170 valence electrons. The summed E-state index contributed by atoms with van der Waals surface area (Å²) in [5.41, 5.74) is 3.05. The molecule has 8 nitrogen and oxygen atoms in total. The molecule has 0 aliphatic carbocycles. The monoisotopic (exact) mass is 439 g/mol. The Morgan fingerprint density at radius 2 is 1.97 bits per heavy atom. The summed E-state index contributed by atoms with van der Waals surface area (Å²) in [4.78, 5) is 26.3. The lowest BCUT2D eigenvalue weighted by Crippen LogP contribution is -2.53. The molecular weight excluding hydrogens is 410 g/mol. The van der Waals surface area contributed by atoms with Crippen LogP contribution in [0.15, 0.2) is 36.4 Å². The molecule has 0 saturated carbocycles. The van der Waals surface area contributed by atoms with Crippen molar-refractivity contribution in [2.75, 3.05) is 32.2 Å². The number of carbonyl (C=O) groups is 1. The van der Waals surface area contributed by atoms with Crippen molar-refractivity contribution in [2.24, 2.45) is 5.92 Å². The highest BCUT2D eigenvalue weighted by molar-refractivity contribution is 5.82. The predicted molar refractivity (Wildman–Crippen MR) is 122 cm³/mol. The van der Waals surface area contributed by atoms with Gasteiger partial charge in [-0.2, -0.15) is 0 Å². The topological polar surface area (TPSA) is 93.9 Å². The smallest absolute Gasteiger partial charge is 0.269 e. The van der Waals surface area contributed by atoms with E-state index >= 15 is 0 Å². The minimum atomic E-state index is -0.374. The molecule has 1 saturated heterocycles. The number of amides is 1. The van der Waals surface area contributed by atoms with Gasteiger partial charge < -0.3 is 19.7 Å². The highest BCUT2D eigenvalue weighted by Gasteiger charge is 2.39. The highest BCUT2D eigenvalue weighted by Crippen LogP contribution is 2.40. The summed E-state index contributed by atoms with van der Waals surface area (Å²) < 4.78 is 10.6. The lowest BCUT2D eigenvalue weighted by Gasteiger charge is -2.45. The molecule has 2 heterocycles. The fourth-order valence-corrected chi connectivity index (χ4v) is 4.94. The average molecular weight is 440 g/mol. The number of methoxy groups -OCH3 is 2. The maximum atomic E-state index is 13.2. The first-order chi connectivity index (χ1) is 15.5. The normalized spacial score (nSPS) is 19.5. The number of nitro benzene ring substituents is 1. The van der Waals surface area contributed by atoms with Crippen LogP contribution in [-0.4, -0.2) is 44.2 Å². The van der Waals surface area contributed by atoms with Crippen molar-refractivity contribution in [1.82, 2.24) is 5.32 Å². The molecule has 1 amide bonds. The van der Waals surface area contributed by atoms with Gasteiger partial charge in [-0.3, -0.25) is 14.9 Å². The number of nitrogens with zero attached hydrogens (tertiary/aromatic N) is 2. The van der Waals surface area contributed by atoms with E-state index in [9.17, 15) is 14.9 Å². The van der Waals surface area contributed by atoms with Gasteiger partial charge in [-0.05, 0) is 61.4 Å². The highest BCUT2D eigenvalue weighted by atomic mass is 16.6. The Bertz CT molecular complexity index is 1010. The van der Waals surface area contributed by atoms with Crippen molar-refractivity contribution in [3.8, 4) is 11.5 Å². The Morgan fingerprint density at radius 3 is 2.72 bits per heavy atom. The molecule has 2 unspecified atom stereocenters. The quantitative estimate of drug-likeness (QED) is 0.524. The summed E-state index contributed by atoms with van der Waals surface area (Å²) in [6.07, 6.45) is 4.33. The number of benzene rings is 2. The zero-order chi connectivity index (χ0) is 22.7. The molecule has 8 heteroatoms. The Kier molecular flexibility index (Phi) is 6.48. The van der Waals surface area contributed by atoms with E-state index in [1.165, 1.54) is 0 Å². The fraction of sp³-hybridized carbons (Fsp3) is 0.458. The van der Waals surface area contributed by atoms with Crippen LogP contribution in [0.3, 0.4) is 0 Å². The van der Waals surface area contributed by atoms with Crippen LogP contribution in [-0.2, 0) is 17.6 Å². The van der Waals surface area contributed by atoms with Crippen molar-refractivity contribution in [2.45, 2.75) is 38.1 Å². The first-order valence-electron chi connectivity index (χ1n) is 11.0. The Labute approximate surface area is 187 Å². The number of non-ortho nitro benzene ring substituents is 1. The van der Waals surface area contributed by atoms with E-state index < -0.39 is 0 Å². The number of piperidine rings is 1. The van der Waals surface area contributed by atoms with Gasteiger partial charge in [0.15, 0.2) is 11.5 Å². The average Bonchev–Trinajstić information content (AvgIpc) is 2.82. The van der Waals surface area contributed by atoms with Crippen LogP contribution >= 0.6 is 0 Å². The minimum Gasteiger partial charge on any atom is -0.493 e. The van der Waals surface area contributed by atoms with Gasteiger partial charge in [0, 0.05) is 37.0 Å². The molecule has 32 heavy (non-hydrogen) atoms. The summed E-state index contributed by atoms with van der Waals surface area (Å²) in [7, 11) is 3.20. The number of nitro groups is 1. The molecule has 1 fully saturated rings. The molecule has 0 spiro atoms. The van der Waals surface area contributed by atoms with E-state index in [1.54, 1.807) is 26.4 Å². The van der Waals surface area contributed by atoms with Crippen LogP contribution in [0.5, 0.6) is 11.5 Å². The zero-order valence-electron chi connectivity index (χ0n) is 18.5. The third kappa shape index (κ3) is 4.35. The summed E-state index contributed by atoms with van der Waals surface area (Å²) in [5, 5.41) is 14.3. The van der Waals surface area contributed by atoms with Crippen molar-refractivity contribution in [3.05, 3.63) is 57.6 Å². The van der Waals surface area contributed by atoms with E-state index in [0.717, 1.165) is 42.6 Å². The second kappa shape index (κ2) is 9.46. The number of hydrogen-bond acceptors (Lipinski definition) is 6. The molecule has 2 atom stereocenters. The van der Waals surface area contributed by atoms with E-state index in [1.807, 2.05) is 24.3 Å². The third-order valence-corrected chi connectivity index (χ3v) is 6.53. The molecule has 0 aromatic heterocycles. The summed E-state index contributed by atoms with van der Waals surface area (Å²) in [6, 6.07) is 10.9. The summed E-state index contributed by atoms with van der Waals surface area (Å²) >= 11 is 0. The van der Waals surface area contributed by atoms with Gasteiger partial charge in [-0.25, -0.2) is 0 Å². The van der Waals surface area contributed by atoms with E-state index in [0.29, 0.717) is 30.9 Å². The van der Waals surface area contributed by atoms with Gasteiger partial charge in [-0.15, -0.1) is 0 Å². The Morgan fingerprint density at radius 1 is 1.16 bits per heavy atom. The first kappa shape index (κ1) is 21.9. The Balaban J connectivity index is 1.46. The van der Waals surface area contributed by atoms with Crippen molar-refractivity contribution in [1.29, 1.82) is 0 Å². The molecule has 0 radical (unpaired) electrons. The number of hydrogen-bond donors (Lipinski definition) is 1. The van der Waals surface area contributed by atoms with Crippen LogP contribution in [0.2, 0.25) is 0 Å². The van der Waals surface area contributed by atoms with Crippen molar-refractivity contribution < 1.29 is 19.2 Å². The molecule has 2 aliphatic heterocycles. The molecule has 2 aromatic carbocycles. The van der Waals surface area contributed by atoms with Gasteiger partial charge in [0.1, 0.15) is 0 Å². The predicted octanol–water partition coefficient (Wildman–Crippen LogP) is 3.50. The van der Waals surface area contributed by atoms with Gasteiger partial charge >= 0.3 is 0 Å². The number of rotatable bonds is 7. The molecule has 4 rings (SSSR count).